The molecule has 1 saturated heterocycles. The molecule has 0 unspecified atom stereocenters. The van der Waals surface area contributed by atoms with Gasteiger partial charge in [-0.15, -0.1) is 0 Å². The number of amides is 2. The number of benzene rings is 4. The SMILES string of the molecule is O=C1S/C(=C\c2ccc(Sc3ccc(Cl)cc3)c([N+](=O)[O-])c2)C(=O)N1CCOc1cccc2ccccc12. The summed E-state index contributed by atoms with van der Waals surface area (Å²) in [5.41, 5.74) is 0.357. The van der Waals surface area contributed by atoms with Crippen LogP contribution in [0.15, 0.2) is 99.6 Å². The highest BCUT2D eigenvalue weighted by atomic mass is 35.5. The summed E-state index contributed by atoms with van der Waals surface area (Å²) >= 11 is 7.97. The first-order valence-corrected chi connectivity index (χ1v) is 13.5. The van der Waals surface area contributed by atoms with Crippen LogP contribution in [-0.4, -0.2) is 34.1 Å². The zero-order valence-electron chi connectivity index (χ0n) is 19.7. The monoisotopic (exact) mass is 562 g/mol. The predicted molar refractivity (Wildman–Crippen MR) is 151 cm³/mol. The van der Waals surface area contributed by atoms with E-state index < -0.39 is 16.1 Å². The van der Waals surface area contributed by atoms with Crippen LogP contribution < -0.4 is 4.74 Å². The quantitative estimate of drug-likeness (QED) is 0.124. The van der Waals surface area contributed by atoms with Gasteiger partial charge in [-0.2, -0.15) is 0 Å². The first kappa shape index (κ1) is 25.8. The molecule has 0 bridgehead atoms. The van der Waals surface area contributed by atoms with Crippen molar-refractivity contribution in [3.8, 4) is 5.75 Å². The Balaban J connectivity index is 1.28. The highest BCUT2D eigenvalue weighted by Gasteiger charge is 2.35. The number of hydrogen-bond donors (Lipinski definition) is 0. The molecule has 1 aliphatic heterocycles. The van der Waals surface area contributed by atoms with Gasteiger partial charge >= 0.3 is 0 Å². The maximum absolute atomic E-state index is 12.9. The molecule has 0 aromatic heterocycles. The van der Waals surface area contributed by atoms with Crippen LogP contribution in [0.1, 0.15) is 5.56 Å². The molecular formula is C28H19ClN2O5S2. The number of nitrogens with zero attached hydrogens (tertiary/aromatic N) is 2. The zero-order valence-corrected chi connectivity index (χ0v) is 22.1. The Morgan fingerprint density at radius 2 is 1.76 bits per heavy atom. The van der Waals surface area contributed by atoms with Crippen LogP contribution in [0.25, 0.3) is 16.8 Å². The molecule has 38 heavy (non-hydrogen) atoms. The van der Waals surface area contributed by atoms with Crippen LogP contribution in [0.5, 0.6) is 5.75 Å². The normalized spacial score (nSPS) is 14.4. The van der Waals surface area contributed by atoms with Crippen molar-refractivity contribution in [1.29, 1.82) is 0 Å². The van der Waals surface area contributed by atoms with E-state index in [-0.39, 0.29) is 23.7 Å². The van der Waals surface area contributed by atoms with E-state index in [1.54, 1.807) is 36.4 Å². The second-order valence-corrected chi connectivity index (χ2v) is 10.7. The Morgan fingerprint density at radius 1 is 1.00 bits per heavy atom. The summed E-state index contributed by atoms with van der Waals surface area (Å²) in [5.74, 6) is 0.221. The molecule has 7 nitrogen and oxygen atoms in total. The molecule has 0 radical (unpaired) electrons. The lowest BCUT2D eigenvalue weighted by Crippen LogP contribution is -2.32. The Bertz CT molecular complexity index is 1580. The number of nitro benzene ring substituents is 1. The third-order valence-electron chi connectivity index (χ3n) is 5.71. The van der Waals surface area contributed by atoms with Gasteiger partial charge in [0.15, 0.2) is 0 Å². The fourth-order valence-electron chi connectivity index (χ4n) is 3.90. The minimum absolute atomic E-state index is 0.0854. The van der Waals surface area contributed by atoms with Crippen LogP contribution in [0.2, 0.25) is 5.02 Å². The fourth-order valence-corrected chi connectivity index (χ4v) is 5.79. The number of halogens is 1. The highest BCUT2D eigenvalue weighted by Crippen LogP contribution is 2.38. The topological polar surface area (TPSA) is 89.8 Å². The zero-order chi connectivity index (χ0) is 26.6. The van der Waals surface area contributed by atoms with Gasteiger partial charge in [0, 0.05) is 21.4 Å². The van der Waals surface area contributed by atoms with E-state index in [0.717, 1.165) is 32.3 Å². The van der Waals surface area contributed by atoms with Gasteiger partial charge in [0.05, 0.1) is 21.3 Å². The lowest BCUT2D eigenvalue weighted by molar-refractivity contribution is -0.387. The number of carbonyl (C=O) groups is 2. The third-order valence-corrected chi connectivity index (χ3v) is 7.95. The first-order valence-electron chi connectivity index (χ1n) is 11.5. The second-order valence-electron chi connectivity index (χ2n) is 8.20. The molecule has 4 aromatic rings. The summed E-state index contributed by atoms with van der Waals surface area (Å²) in [5, 5.41) is 13.9. The number of fused-ring (bicyclic) bond motifs is 1. The number of rotatable bonds is 8. The molecule has 0 spiro atoms. The Hall–Kier alpha value is -3.79. The molecule has 1 heterocycles. The van der Waals surface area contributed by atoms with Gasteiger partial charge in [-0.3, -0.25) is 24.6 Å². The standard InChI is InChI=1S/C28H19ClN2O5S2/c29-20-9-11-21(12-10-20)37-25-13-8-18(16-23(25)31(34)35)17-26-27(32)30(28(33)38-26)14-15-36-24-7-3-5-19-4-1-2-6-22(19)24/h1-13,16-17H,14-15H2/b26-17-. The molecule has 0 N–H and O–H groups in total. The summed E-state index contributed by atoms with van der Waals surface area (Å²) in [6.45, 7) is 0.226. The Morgan fingerprint density at radius 3 is 2.55 bits per heavy atom. The van der Waals surface area contributed by atoms with Crippen molar-refractivity contribution in [3.05, 3.63) is 111 Å². The summed E-state index contributed by atoms with van der Waals surface area (Å²) in [7, 11) is 0. The number of ether oxygens (including phenoxy) is 1. The molecule has 0 aliphatic carbocycles. The predicted octanol–water partition coefficient (Wildman–Crippen LogP) is 7.67. The van der Waals surface area contributed by atoms with E-state index in [4.69, 9.17) is 16.3 Å². The molecule has 2 amide bonds. The Labute approximate surface area is 231 Å². The van der Waals surface area contributed by atoms with Crippen LogP contribution in [0.4, 0.5) is 10.5 Å². The molecule has 10 heteroatoms. The van der Waals surface area contributed by atoms with Crippen molar-refractivity contribution in [2.24, 2.45) is 0 Å². The van der Waals surface area contributed by atoms with Crippen molar-refractivity contribution in [2.45, 2.75) is 9.79 Å². The molecule has 190 valence electrons. The molecule has 5 rings (SSSR count). The van der Waals surface area contributed by atoms with Crippen molar-refractivity contribution < 1.29 is 19.2 Å². The number of carbonyl (C=O) groups excluding carboxylic acids is 2. The second kappa shape index (κ2) is 11.3. The van der Waals surface area contributed by atoms with E-state index in [1.807, 2.05) is 42.5 Å². The average molecular weight is 563 g/mol. The van der Waals surface area contributed by atoms with Gasteiger partial charge in [0.1, 0.15) is 12.4 Å². The van der Waals surface area contributed by atoms with Crippen molar-refractivity contribution in [1.82, 2.24) is 4.90 Å². The summed E-state index contributed by atoms with van der Waals surface area (Å²) in [4.78, 5) is 39.3. The maximum Gasteiger partial charge on any atom is 0.293 e. The molecule has 0 saturated carbocycles. The summed E-state index contributed by atoms with van der Waals surface area (Å²) < 4.78 is 5.88. The van der Waals surface area contributed by atoms with Crippen LogP contribution in [-0.2, 0) is 4.79 Å². The van der Waals surface area contributed by atoms with E-state index in [9.17, 15) is 19.7 Å². The van der Waals surface area contributed by atoms with E-state index in [0.29, 0.717) is 21.2 Å². The highest BCUT2D eigenvalue weighted by molar-refractivity contribution is 8.18. The summed E-state index contributed by atoms with van der Waals surface area (Å²) in [6.07, 6.45) is 1.50. The maximum atomic E-state index is 12.9. The Kier molecular flexibility index (Phi) is 7.69. The van der Waals surface area contributed by atoms with Gasteiger partial charge in [-0.05, 0) is 65.2 Å². The third kappa shape index (κ3) is 5.70. The molecule has 1 fully saturated rings. The lowest BCUT2D eigenvalue weighted by atomic mass is 10.1. The molecule has 1 aliphatic rings. The number of nitro groups is 1. The van der Waals surface area contributed by atoms with E-state index in [1.165, 1.54) is 23.9 Å². The first-order chi connectivity index (χ1) is 18.4. The number of imide groups is 1. The van der Waals surface area contributed by atoms with Gasteiger partial charge in [0.25, 0.3) is 16.8 Å². The molecular weight excluding hydrogens is 544 g/mol. The largest absolute Gasteiger partial charge is 0.491 e. The van der Waals surface area contributed by atoms with E-state index in [2.05, 4.69) is 0 Å². The summed E-state index contributed by atoms with van der Waals surface area (Å²) in [6, 6.07) is 25.2. The van der Waals surface area contributed by atoms with Gasteiger partial charge in [-0.1, -0.05) is 65.8 Å². The fraction of sp³-hybridized carbons (Fsp3) is 0.0714. The van der Waals surface area contributed by atoms with Gasteiger partial charge in [0.2, 0.25) is 0 Å². The smallest absolute Gasteiger partial charge is 0.293 e. The van der Waals surface area contributed by atoms with Crippen molar-refractivity contribution in [3.63, 3.8) is 0 Å². The van der Waals surface area contributed by atoms with Gasteiger partial charge < -0.3 is 4.74 Å². The van der Waals surface area contributed by atoms with Crippen LogP contribution in [0, 0.1) is 10.1 Å². The molecule has 0 atom stereocenters. The van der Waals surface area contributed by atoms with Crippen LogP contribution in [0.3, 0.4) is 0 Å². The molecule has 4 aromatic carbocycles. The van der Waals surface area contributed by atoms with Crippen LogP contribution >= 0.6 is 35.1 Å². The van der Waals surface area contributed by atoms with Crippen molar-refractivity contribution >= 4 is 68.8 Å². The lowest BCUT2D eigenvalue weighted by Gasteiger charge is -2.14. The van der Waals surface area contributed by atoms with E-state index >= 15 is 0 Å². The van der Waals surface area contributed by atoms with Crippen molar-refractivity contribution in [2.75, 3.05) is 13.2 Å². The minimum atomic E-state index is -0.466. The number of thioether (sulfide) groups is 1. The van der Waals surface area contributed by atoms with Gasteiger partial charge in [-0.25, -0.2) is 0 Å². The number of hydrogen-bond acceptors (Lipinski definition) is 7. The average Bonchev–Trinajstić information content (AvgIpc) is 3.18. The minimum Gasteiger partial charge on any atom is -0.491 e.